The third kappa shape index (κ3) is 8.70. The third-order valence-corrected chi connectivity index (χ3v) is 3.51. The summed E-state index contributed by atoms with van der Waals surface area (Å²) in [6, 6.07) is 3.43. The number of benzene rings is 1. The molecule has 128 valence electrons. The molecule has 0 heterocycles. The van der Waals surface area contributed by atoms with E-state index in [-0.39, 0.29) is 11.1 Å². The van der Waals surface area contributed by atoms with Crippen LogP contribution in [0.3, 0.4) is 0 Å². The van der Waals surface area contributed by atoms with Crippen molar-refractivity contribution in [1.29, 1.82) is 0 Å². The van der Waals surface area contributed by atoms with Gasteiger partial charge in [0.25, 0.3) is 0 Å². The van der Waals surface area contributed by atoms with E-state index >= 15 is 0 Å². The Morgan fingerprint density at radius 3 is 2.57 bits per heavy atom. The van der Waals surface area contributed by atoms with Crippen LogP contribution in [0, 0.1) is 0 Å². The number of hydrogen-bond donors (Lipinski definition) is 0. The van der Waals surface area contributed by atoms with Crippen LogP contribution >= 0.6 is 50.7 Å². The van der Waals surface area contributed by atoms with Crippen molar-refractivity contribution in [2.24, 2.45) is 5.16 Å². The zero-order valence-electron chi connectivity index (χ0n) is 12.7. The molecule has 0 aliphatic rings. The highest BCUT2D eigenvalue weighted by atomic mass is 79.9. The van der Waals surface area contributed by atoms with E-state index in [0.717, 1.165) is 5.71 Å². The first kappa shape index (κ1) is 20.4. The van der Waals surface area contributed by atoms with Crippen LogP contribution in [0.1, 0.15) is 20.3 Å². The van der Waals surface area contributed by atoms with Crippen molar-refractivity contribution in [3.8, 4) is 11.5 Å². The third-order valence-electron chi connectivity index (χ3n) is 2.33. The van der Waals surface area contributed by atoms with Crippen LogP contribution in [0.25, 0.3) is 0 Å². The molecule has 0 aliphatic carbocycles. The van der Waals surface area contributed by atoms with Crippen LogP contribution in [0.5, 0.6) is 11.5 Å². The molecule has 0 unspecified atom stereocenters. The molecular weight excluding hydrogens is 428 g/mol. The molecule has 1 aromatic carbocycles. The average Bonchev–Trinajstić information content (AvgIpc) is 2.44. The number of nitrogens with zero attached hydrogens (tertiary/aromatic N) is 1. The van der Waals surface area contributed by atoms with E-state index in [1.165, 1.54) is 6.08 Å². The molecule has 1 rings (SSSR count). The fraction of sp³-hybridized carbons (Fsp3) is 0.400. The molecule has 0 bridgehead atoms. The summed E-state index contributed by atoms with van der Waals surface area (Å²) in [7, 11) is 0. The van der Waals surface area contributed by atoms with Crippen LogP contribution in [-0.2, 0) is 4.84 Å². The molecule has 0 fully saturated rings. The zero-order chi connectivity index (χ0) is 17.2. The first-order valence-corrected chi connectivity index (χ1v) is 8.71. The summed E-state index contributed by atoms with van der Waals surface area (Å²) in [5.74, 6) is 1.14. The molecule has 0 amide bonds. The van der Waals surface area contributed by atoms with Gasteiger partial charge in [-0.15, -0.1) is 0 Å². The second-order valence-corrected chi connectivity index (χ2v) is 6.86. The summed E-state index contributed by atoms with van der Waals surface area (Å²) in [5.41, 5.74) is 0.873. The van der Waals surface area contributed by atoms with Gasteiger partial charge < -0.3 is 14.3 Å². The van der Waals surface area contributed by atoms with Gasteiger partial charge in [-0.05, 0) is 41.9 Å². The molecule has 0 aliphatic heterocycles. The Kier molecular flexibility index (Phi) is 9.79. The van der Waals surface area contributed by atoms with Gasteiger partial charge in [-0.25, -0.2) is 0 Å². The summed E-state index contributed by atoms with van der Waals surface area (Å²) in [4.78, 5) is 5.09. The summed E-state index contributed by atoms with van der Waals surface area (Å²) in [6.07, 6.45) is 2.23. The van der Waals surface area contributed by atoms with Crippen molar-refractivity contribution < 1.29 is 14.3 Å². The van der Waals surface area contributed by atoms with E-state index in [2.05, 4.69) is 21.1 Å². The minimum Gasteiger partial charge on any atom is -0.491 e. The van der Waals surface area contributed by atoms with Crippen molar-refractivity contribution in [2.45, 2.75) is 20.3 Å². The fourth-order valence-electron chi connectivity index (χ4n) is 1.43. The van der Waals surface area contributed by atoms with Gasteiger partial charge in [-0.1, -0.05) is 40.0 Å². The Bertz CT molecular complexity index is 548. The van der Waals surface area contributed by atoms with Crippen molar-refractivity contribution in [1.82, 2.24) is 0 Å². The van der Waals surface area contributed by atoms with Gasteiger partial charge in [0.15, 0.2) is 5.75 Å². The number of halogens is 4. The van der Waals surface area contributed by atoms with E-state index in [0.29, 0.717) is 40.6 Å². The number of oxime groups is 1. The van der Waals surface area contributed by atoms with Crippen molar-refractivity contribution in [3.63, 3.8) is 0 Å². The normalized spacial score (nSPS) is 10.0. The Balaban J connectivity index is 2.50. The van der Waals surface area contributed by atoms with E-state index in [1.54, 1.807) is 12.1 Å². The quantitative estimate of drug-likeness (QED) is 0.267. The molecule has 0 spiro atoms. The lowest BCUT2D eigenvalue weighted by atomic mass is 10.3. The largest absolute Gasteiger partial charge is 0.491 e. The van der Waals surface area contributed by atoms with E-state index in [4.69, 9.17) is 49.1 Å². The molecule has 1 aromatic rings. The summed E-state index contributed by atoms with van der Waals surface area (Å²) < 4.78 is 12.0. The molecule has 0 saturated heterocycles. The molecular formula is C15H17BrCl3NO3. The highest BCUT2D eigenvalue weighted by Crippen LogP contribution is 2.37. The topological polar surface area (TPSA) is 40.0 Å². The molecule has 0 saturated carbocycles. The number of ether oxygens (including phenoxy) is 2. The van der Waals surface area contributed by atoms with Gasteiger partial charge in [0, 0.05) is 12.5 Å². The maximum Gasteiger partial charge on any atom is 0.152 e. The van der Waals surface area contributed by atoms with Crippen molar-refractivity contribution in [3.05, 3.63) is 32.2 Å². The number of rotatable bonds is 9. The lowest BCUT2D eigenvalue weighted by Gasteiger charge is -2.12. The summed E-state index contributed by atoms with van der Waals surface area (Å²) in [6.45, 7) is 4.93. The van der Waals surface area contributed by atoms with Gasteiger partial charge in [-0.3, -0.25) is 0 Å². The molecule has 0 atom stereocenters. The molecule has 0 N–H and O–H groups in total. The lowest BCUT2D eigenvalue weighted by molar-refractivity contribution is 0.127. The highest BCUT2D eigenvalue weighted by molar-refractivity contribution is 9.10. The minimum atomic E-state index is 0.153. The standard InChI is InChI=1S/C15H17BrCl3NO3/c1-10(2)20-23-6-3-5-22-15-12(16)8-11(9-13(15)17)21-7-4-14(18)19/h4,8-9H,3,5-7H2,1-2H3. The smallest absolute Gasteiger partial charge is 0.152 e. The molecule has 0 aromatic heterocycles. The lowest BCUT2D eigenvalue weighted by Crippen LogP contribution is -2.03. The molecule has 8 heteroatoms. The number of hydrogen-bond acceptors (Lipinski definition) is 4. The highest BCUT2D eigenvalue weighted by Gasteiger charge is 2.10. The van der Waals surface area contributed by atoms with E-state index in [1.807, 2.05) is 13.8 Å². The first-order valence-electron chi connectivity index (χ1n) is 6.79. The summed E-state index contributed by atoms with van der Waals surface area (Å²) >= 11 is 20.6. The van der Waals surface area contributed by atoms with Crippen LogP contribution in [-0.4, -0.2) is 25.5 Å². The van der Waals surface area contributed by atoms with Crippen LogP contribution < -0.4 is 9.47 Å². The second kappa shape index (κ2) is 11.0. The van der Waals surface area contributed by atoms with Crippen molar-refractivity contribution >= 4 is 56.4 Å². The van der Waals surface area contributed by atoms with Gasteiger partial charge in [0.2, 0.25) is 0 Å². The van der Waals surface area contributed by atoms with Crippen LogP contribution in [0.4, 0.5) is 0 Å². The zero-order valence-corrected chi connectivity index (χ0v) is 16.6. The van der Waals surface area contributed by atoms with Crippen LogP contribution in [0.15, 0.2) is 32.3 Å². The second-order valence-electron chi connectivity index (χ2n) is 4.59. The summed E-state index contributed by atoms with van der Waals surface area (Å²) in [5, 5.41) is 4.29. The SMILES string of the molecule is CC(C)=NOCCCOc1c(Cl)cc(OCC=C(Cl)Cl)cc1Br. The molecule has 0 radical (unpaired) electrons. The van der Waals surface area contributed by atoms with Gasteiger partial charge in [-0.2, -0.15) is 0 Å². The van der Waals surface area contributed by atoms with E-state index in [9.17, 15) is 0 Å². The predicted octanol–water partition coefficient (Wildman–Crippen LogP) is 5.98. The Labute approximate surface area is 159 Å². The molecule has 23 heavy (non-hydrogen) atoms. The molecule has 4 nitrogen and oxygen atoms in total. The van der Waals surface area contributed by atoms with Crippen molar-refractivity contribution in [2.75, 3.05) is 19.8 Å². The van der Waals surface area contributed by atoms with Gasteiger partial charge in [0.1, 0.15) is 23.5 Å². The van der Waals surface area contributed by atoms with Gasteiger partial charge >= 0.3 is 0 Å². The fourth-order valence-corrected chi connectivity index (χ4v) is 2.49. The first-order chi connectivity index (χ1) is 10.9. The van der Waals surface area contributed by atoms with Crippen LogP contribution in [0.2, 0.25) is 5.02 Å². The Morgan fingerprint density at radius 2 is 1.96 bits per heavy atom. The predicted molar refractivity (Wildman–Crippen MR) is 99.3 cm³/mol. The van der Waals surface area contributed by atoms with Gasteiger partial charge in [0.05, 0.1) is 21.8 Å². The Hall–Kier alpha value is -0.620. The van der Waals surface area contributed by atoms with E-state index < -0.39 is 0 Å². The minimum absolute atomic E-state index is 0.153. The maximum atomic E-state index is 6.20. The monoisotopic (exact) mass is 443 g/mol. The maximum absolute atomic E-state index is 6.20. The average molecular weight is 446 g/mol. The Morgan fingerprint density at radius 1 is 1.22 bits per heavy atom.